The van der Waals surface area contributed by atoms with E-state index in [0.717, 1.165) is 16.8 Å². The van der Waals surface area contributed by atoms with Crippen molar-refractivity contribution in [1.29, 1.82) is 0 Å². The second kappa shape index (κ2) is 12.1. The lowest BCUT2D eigenvalue weighted by Gasteiger charge is -2.24. The fourth-order valence-corrected chi connectivity index (χ4v) is 4.23. The van der Waals surface area contributed by atoms with Crippen LogP contribution in [0.5, 0.6) is 0 Å². The monoisotopic (exact) mass is 536 g/mol. The number of carbonyl (C=O) groups excluding carboxylic acids is 2. The maximum Gasteiger partial charge on any atom is 0.270 e. The third-order valence-electron chi connectivity index (χ3n) is 5.78. The summed E-state index contributed by atoms with van der Waals surface area (Å²) >= 11 is 12.0. The highest BCUT2D eigenvalue weighted by atomic mass is 35.5. The first kappa shape index (κ1) is 26.4. The van der Waals surface area contributed by atoms with Gasteiger partial charge in [0, 0.05) is 6.54 Å². The van der Waals surface area contributed by atoms with Crippen LogP contribution in [-0.2, 0) is 17.8 Å². The van der Waals surface area contributed by atoms with Crippen molar-refractivity contribution in [3.63, 3.8) is 0 Å². The zero-order valence-corrected chi connectivity index (χ0v) is 21.6. The number of amides is 2. The molecule has 0 aliphatic heterocycles. The van der Waals surface area contributed by atoms with Crippen molar-refractivity contribution in [2.45, 2.75) is 32.0 Å². The molecule has 37 heavy (non-hydrogen) atoms. The lowest BCUT2D eigenvalue weighted by atomic mass is 10.00. The lowest BCUT2D eigenvalue weighted by molar-refractivity contribution is -0.130. The molecule has 0 saturated carbocycles. The Bertz CT molecular complexity index is 1380. The fraction of sp³-hybridized carbons (Fsp3) is 0.179. The first-order valence-electron chi connectivity index (χ1n) is 11.7. The van der Waals surface area contributed by atoms with Crippen LogP contribution in [0.2, 0.25) is 10.0 Å². The molecule has 0 spiro atoms. The number of benzene rings is 3. The van der Waals surface area contributed by atoms with E-state index < -0.39 is 24.0 Å². The van der Waals surface area contributed by atoms with Crippen molar-refractivity contribution in [3.8, 4) is 5.69 Å². The summed E-state index contributed by atoms with van der Waals surface area (Å²) in [6.45, 7) is 1.93. The quantitative estimate of drug-likeness (QED) is 0.293. The zero-order chi connectivity index (χ0) is 26.4. The van der Waals surface area contributed by atoms with Gasteiger partial charge in [-0.15, -0.1) is 0 Å². The molecule has 0 aliphatic carbocycles. The summed E-state index contributed by atoms with van der Waals surface area (Å²) in [5.41, 5.74) is 3.26. The Hall–Kier alpha value is -3.65. The summed E-state index contributed by atoms with van der Waals surface area (Å²) in [6, 6.07) is 24.4. The number of hydrogen-bond donors (Lipinski definition) is 3. The Morgan fingerprint density at radius 2 is 1.59 bits per heavy atom. The molecule has 7 nitrogen and oxygen atoms in total. The van der Waals surface area contributed by atoms with Crippen molar-refractivity contribution in [2.75, 3.05) is 0 Å². The van der Waals surface area contributed by atoms with Crippen LogP contribution in [0.3, 0.4) is 0 Å². The van der Waals surface area contributed by atoms with E-state index >= 15 is 0 Å². The summed E-state index contributed by atoms with van der Waals surface area (Å²) in [4.78, 5) is 26.3. The molecule has 1 heterocycles. The van der Waals surface area contributed by atoms with Crippen molar-refractivity contribution in [3.05, 3.63) is 117 Å². The Morgan fingerprint density at radius 3 is 2.27 bits per heavy atom. The van der Waals surface area contributed by atoms with Gasteiger partial charge in [-0.05, 0) is 54.8 Å². The first-order valence-corrected chi connectivity index (χ1v) is 12.4. The number of aryl methyl sites for hydroxylation is 1. The van der Waals surface area contributed by atoms with Crippen molar-refractivity contribution in [1.82, 2.24) is 20.4 Å². The van der Waals surface area contributed by atoms with E-state index in [1.807, 2.05) is 60.7 Å². The zero-order valence-electron chi connectivity index (χ0n) is 20.1. The number of aromatic nitrogens is 2. The van der Waals surface area contributed by atoms with Crippen LogP contribution >= 0.6 is 23.2 Å². The fourth-order valence-electron chi connectivity index (χ4n) is 3.91. The third kappa shape index (κ3) is 6.77. The highest BCUT2D eigenvalue weighted by Crippen LogP contribution is 2.22. The van der Waals surface area contributed by atoms with E-state index in [1.54, 1.807) is 35.9 Å². The standard InChI is InChI=1S/C28H26Cl2N4O3/c1-18-14-25(34(33-18)21-10-6-3-7-11-21)27(36)32-24(16-19-8-4-2-5-9-19)26(35)28(37)31-17-20-12-13-22(29)23(30)15-20/h2-15,24,26,35H,16-17H2,1H3,(H,31,37)(H,32,36)/t24-,26?/m0/s1. The van der Waals surface area contributed by atoms with E-state index in [1.165, 1.54) is 0 Å². The van der Waals surface area contributed by atoms with Crippen LogP contribution in [0.1, 0.15) is 27.3 Å². The molecule has 9 heteroatoms. The Morgan fingerprint density at radius 1 is 0.919 bits per heavy atom. The SMILES string of the molecule is Cc1cc(C(=O)N[C@@H](Cc2ccccc2)C(O)C(=O)NCc2ccc(Cl)c(Cl)c2)n(-c2ccccc2)n1. The van der Waals surface area contributed by atoms with Gasteiger partial charge in [0.15, 0.2) is 6.10 Å². The average Bonchev–Trinajstić information content (AvgIpc) is 3.31. The van der Waals surface area contributed by atoms with Gasteiger partial charge in [0.05, 0.1) is 27.5 Å². The second-order valence-corrected chi connectivity index (χ2v) is 9.41. The molecule has 190 valence electrons. The van der Waals surface area contributed by atoms with E-state index in [9.17, 15) is 14.7 Å². The molecule has 0 radical (unpaired) electrons. The molecule has 1 unspecified atom stereocenters. The first-order chi connectivity index (χ1) is 17.8. The molecule has 1 aromatic heterocycles. The number of para-hydroxylation sites is 1. The smallest absolute Gasteiger partial charge is 0.270 e. The highest BCUT2D eigenvalue weighted by Gasteiger charge is 2.29. The van der Waals surface area contributed by atoms with Crippen LogP contribution in [-0.4, -0.2) is 38.8 Å². The van der Waals surface area contributed by atoms with E-state index in [2.05, 4.69) is 15.7 Å². The highest BCUT2D eigenvalue weighted by molar-refractivity contribution is 6.42. The normalized spacial score (nSPS) is 12.5. The van der Waals surface area contributed by atoms with E-state index in [0.29, 0.717) is 21.4 Å². The maximum atomic E-state index is 13.4. The lowest BCUT2D eigenvalue weighted by Crippen LogP contribution is -2.51. The number of rotatable bonds is 9. The molecule has 3 aromatic carbocycles. The number of carbonyl (C=O) groups is 2. The van der Waals surface area contributed by atoms with Crippen molar-refractivity contribution >= 4 is 35.0 Å². The molecule has 0 aliphatic rings. The number of hydrogen-bond acceptors (Lipinski definition) is 4. The van der Waals surface area contributed by atoms with E-state index in [4.69, 9.17) is 23.2 Å². The number of nitrogens with one attached hydrogen (secondary N) is 2. The summed E-state index contributed by atoms with van der Waals surface area (Å²) in [7, 11) is 0. The van der Waals surface area contributed by atoms with Gasteiger partial charge in [-0.2, -0.15) is 5.10 Å². The van der Waals surface area contributed by atoms with Gasteiger partial charge < -0.3 is 15.7 Å². The topological polar surface area (TPSA) is 96.3 Å². The van der Waals surface area contributed by atoms with Crippen molar-refractivity contribution < 1.29 is 14.7 Å². The summed E-state index contributed by atoms with van der Waals surface area (Å²) in [6.07, 6.45) is -1.27. The van der Waals surface area contributed by atoms with E-state index in [-0.39, 0.29) is 13.0 Å². The van der Waals surface area contributed by atoms with Crippen LogP contribution in [0.25, 0.3) is 5.69 Å². The predicted molar refractivity (Wildman–Crippen MR) is 144 cm³/mol. The number of aliphatic hydroxyl groups is 1. The van der Waals surface area contributed by atoms with Crippen LogP contribution in [0.15, 0.2) is 84.9 Å². The summed E-state index contributed by atoms with van der Waals surface area (Å²) in [5.74, 6) is -1.08. The molecule has 4 rings (SSSR count). The maximum absolute atomic E-state index is 13.4. The van der Waals surface area contributed by atoms with Crippen LogP contribution in [0, 0.1) is 6.92 Å². The Labute approximate surface area is 225 Å². The van der Waals surface area contributed by atoms with Gasteiger partial charge in [-0.3, -0.25) is 9.59 Å². The predicted octanol–water partition coefficient (Wildman–Crippen LogP) is 4.51. The van der Waals surface area contributed by atoms with Gasteiger partial charge >= 0.3 is 0 Å². The molecule has 0 saturated heterocycles. The van der Waals surface area contributed by atoms with Crippen molar-refractivity contribution in [2.24, 2.45) is 0 Å². The molecular formula is C28H26Cl2N4O3. The minimum absolute atomic E-state index is 0.138. The number of halogens is 2. The van der Waals surface area contributed by atoms with Gasteiger partial charge in [0.2, 0.25) is 0 Å². The molecule has 2 amide bonds. The third-order valence-corrected chi connectivity index (χ3v) is 6.52. The summed E-state index contributed by atoms with van der Waals surface area (Å²) < 4.78 is 1.54. The minimum Gasteiger partial charge on any atom is -0.381 e. The van der Waals surface area contributed by atoms with Crippen LogP contribution in [0.4, 0.5) is 0 Å². The number of nitrogens with zero attached hydrogens (tertiary/aromatic N) is 2. The van der Waals surface area contributed by atoms with Gasteiger partial charge in [-0.1, -0.05) is 77.8 Å². The summed E-state index contributed by atoms with van der Waals surface area (Å²) in [5, 5.41) is 21.8. The minimum atomic E-state index is -1.51. The second-order valence-electron chi connectivity index (χ2n) is 8.60. The molecule has 2 atom stereocenters. The molecule has 0 fully saturated rings. The van der Waals surface area contributed by atoms with Crippen LogP contribution < -0.4 is 10.6 Å². The Balaban J connectivity index is 1.53. The molecular weight excluding hydrogens is 511 g/mol. The van der Waals surface area contributed by atoms with Gasteiger partial charge in [-0.25, -0.2) is 4.68 Å². The van der Waals surface area contributed by atoms with Gasteiger partial charge in [0.1, 0.15) is 5.69 Å². The largest absolute Gasteiger partial charge is 0.381 e. The molecule has 3 N–H and O–H groups in total. The Kier molecular flexibility index (Phi) is 8.61. The molecule has 4 aromatic rings. The van der Waals surface area contributed by atoms with Gasteiger partial charge in [0.25, 0.3) is 11.8 Å². The average molecular weight is 537 g/mol. The molecule has 0 bridgehead atoms. The number of aliphatic hydroxyl groups excluding tert-OH is 1.